The van der Waals surface area contributed by atoms with Gasteiger partial charge in [-0.3, -0.25) is 9.59 Å². The number of esters is 1. The topological polar surface area (TPSA) is 69.7 Å². The largest absolute Gasteiger partial charge is 0.465 e. The number of ketones is 2. The molecule has 38 heavy (non-hydrogen) atoms. The van der Waals surface area contributed by atoms with Crippen LogP contribution in [0.15, 0.2) is 108 Å². The van der Waals surface area contributed by atoms with Crippen LogP contribution in [0.4, 0.5) is 0 Å². The Hall–Kier alpha value is -4.25. The van der Waals surface area contributed by atoms with Gasteiger partial charge in [-0.15, -0.1) is 0 Å². The van der Waals surface area contributed by atoms with Crippen LogP contribution in [0.1, 0.15) is 70.5 Å². The summed E-state index contributed by atoms with van der Waals surface area (Å²) in [5, 5.41) is 0. The average molecular weight is 505 g/mol. The molecule has 1 aliphatic heterocycles. The number of hydrogen-bond acceptors (Lipinski definition) is 5. The summed E-state index contributed by atoms with van der Waals surface area (Å²) < 4.78 is 11.4. The highest BCUT2D eigenvalue weighted by molar-refractivity contribution is 6.06. The molecule has 0 spiro atoms. The molecular weight excluding hydrogens is 476 g/mol. The lowest BCUT2D eigenvalue weighted by Gasteiger charge is -2.39. The number of Topliss-reactive ketones (excluding diaryl/α,β-unsaturated/α-hetero) is 2. The predicted molar refractivity (Wildman–Crippen MR) is 143 cm³/mol. The van der Waals surface area contributed by atoms with Gasteiger partial charge >= 0.3 is 5.97 Å². The quantitative estimate of drug-likeness (QED) is 0.385. The van der Waals surface area contributed by atoms with Gasteiger partial charge in [0.1, 0.15) is 11.5 Å². The first-order valence-electron chi connectivity index (χ1n) is 13.0. The summed E-state index contributed by atoms with van der Waals surface area (Å²) in [5.41, 5.74) is 4.60. The van der Waals surface area contributed by atoms with Crippen molar-refractivity contribution in [1.82, 2.24) is 0 Å². The van der Waals surface area contributed by atoms with Gasteiger partial charge in [0.25, 0.3) is 0 Å². The third kappa shape index (κ3) is 4.28. The van der Waals surface area contributed by atoms with Crippen LogP contribution >= 0.6 is 0 Å². The Morgan fingerprint density at radius 1 is 0.658 bits per heavy atom. The van der Waals surface area contributed by atoms with Crippen molar-refractivity contribution in [2.24, 2.45) is 0 Å². The van der Waals surface area contributed by atoms with Crippen molar-refractivity contribution in [2.75, 3.05) is 7.11 Å². The molecule has 2 atom stereocenters. The zero-order valence-electron chi connectivity index (χ0n) is 21.2. The van der Waals surface area contributed by atoms with Crippen LogP contribution in [-0.2, 0) is 19.1 Å². The van der Waals surface area contributed by atoms with Gasteiger partial charge in [0.2, 0.25) is 0 Å². The van der Waals surface area contributed by atoms with E-state index in [2.05, 4.69) is 24.3 Å². The molecule has 1 heterocycles. The lowest BCUT2D eigenvalue weighted by Crippen LogP contribution is -2.33. The smallest absolute Gasteiger partial charge is 0.337 e. The number of rotatable bonds is 4. The molecule has 0 N–H and O–H groups in total. The number of allylic oxidation sites excluding steroid dienone is 4. The van der Waals surface area contributed by atoms with Crippen LogP contribution in [0.25, 0.3) is 0 Å². The molecule has 0 fully saturated rings. The minimum absolute atomic E-state index is 0.00619. The molecule has 0 amide bonds. The normalized spacial score (nSPS) is 22.9. The zero-order chi connectivity index (χ0) is 26.2. The SMILES string of the molecule is COC(=O)c1ccc(C2C3=C(CC(c4ccccc4)CC3=O)OC3=C2C(=O)CC(c2ccccc2)C3)cc1. The van der Waals surface area contributed by atoms with Crippen LogP contribution in [0.2, 0.25) is 0 Å². The Bertz CT molecular complexity index is 1380. The fourth-order valence-corrected chi connectivity index (χ4v) is 6.11. The van der Waals surface area contributed by atoms with E-state index in [0.29, 0.717) is 53.9 Å². The third-order valence-electron chi connectivity index (χ3n) is 7.96. The highest BCUT2D eigenvalue weighted by Gasteiger charge is 2.45. The van der Waals surface area contributed by atoms with Gasteiger partial charge in [-0.2, -0.15) is 0 Å². The molecule has 3 aromatic rings. The van der Waals surface area contributed by atoms with Gasteiger partial charge in [0.15, 0.2) is 11.6 Å². The van der Waals surface area contributed by atoms with E-state index in [4.69, 9.17) is 9.47 Å². The van der Waals surface area contributed by atoms with Crippen LogP contribution in [-0.4, -0.2) is 24.6 Å². The molecule has 3 aliphatic rings. The van der Waals surface area contributed by atoms with Crippen LogP contribution in [0, 0.1) is 0 Å². The number of hydrogen-bond donors (Lipinski definition) is 0. The van der Waals surface area contributed by atoms with Gasteiger partial charge in [0.05, 0.1) is 12.7 Å². The second-order valence-corrected chi connectivity index (χ2v) is 10.2. The molecule has 2 aliphatic carbocycles. The van der Waals surface area contributed by atoms with Crippen molar-refractivity contribution in [1.29, 1.82) is 0 Å². The van der Waals surface area contributed by atoms with Gasteiger partial charge in [-0.25, -0.2) is 4.79 Å². The number of benzene rings is 3. The van der Waals surface area contributed by atoms with Crippen molar-refractivity contribution in [3.05, 3.63) is 130 Å². The standard InChI is InChI=1S/C33H28O5/c1-37-33(36)23-14-12-22(13-15-23)30-31-26(34)16-24(20-8-4-2-5-9-20)18-28(31)38-29-19-25(17-27(35)32(29)30)21-10-6-3-7-11-21/h2-15,24-25,30H,16-19H2,1H3. The molecule has 0 radical (unpaired) electrons. The summed E-state index contributed by atoms with van der Waals surface area (Å²) in [4.78, 5) is 39.5. The highest BCUT2D eigenvalue weighted by Crippen LogP contribution is 2.51. The second kappa shape index (κ2) is 9.90. The Morgan fingerprint density at radius 2 is 1.13 bits per heavy atom. The molecular formula is C33H28O5. The Labute approximate surface area is 221 Å². The van der Waals surface area contributed by atoms with Crippen LogP contribution < -0.4 is 0 Å². The number of carbonyl (C=O) groups excluding carboxylic acids is 3. The lowest BCUT2D eigenvalue weighted by molar-refractivity contribution is -0.118. The molecule has 5 heteroatoms. The Kier molecular flexibility index (Phi) is 6.28. The molecule has 190 valence electrons. The minimum Gasteiger partial charge on any atom is -0.465 e. The van der Waals surface area contributed by atoms with Crippen molar-refractivity contribution in [3.8, 4) is 0 Å². The first kappa shape index (κ1) is 24.1. The van der Waals surface area contributed by atoms with E-state index in [-0.39, 0.29) is 23.4 Å². The maximum absolute atomic E-state index is 13.7. The van der Waals surface area contributed by atoms with Gasteiger partial charge in [-0.1, -0.05) is 72.8 Å². The average Bonchev–Trinajstić information content (AvgIpc) is 2.96. The summed E-state index contributed by atoms with van der Waals surface area (Å²) in [6.45, 7) is 0. The molecule has 0 saturated carbocycles. The fraction of sp³-hybridized carbons (Fsp3) is 0.242. The molecule has 3 aromatic carbocycles. The highest BCUT2D eigenvalue weighted by atomic mass is 16.5. The maximum atomic E-state index is 13.7. The van der Waals surface area contributed by atoms with E-state index in [1.54, 1.807) is 12.1 Å². The van der Waals surface area contributed by atoms with Gasteiger partial charge in [0, 0.05) is 42.7 Å². The first-order valence-corrected chi connectivity index (χ1v) is 13.0. The van der Waals surface area contributed by atoms with Crippen molar-refractivity contribution < 1.29 is 23.9 Å². The van der Waals surface area contributed by atoms with Gasteiger partial charge in [-0.05, 0) is 40.7 Å². The first-order chi connectivity index (χ1) is 18.5. The molecule has 0 bridgehead atoms. The summed E-state index contributed by atoms with van der Waals surface area (Å²) in [6.07, 6.45) is 1.93. The van der Waals surface area contributed by atoms with Crippen molar-refractivity contribution in [2.45, 2.75) is 43.4 Å². The lowest BCUT2D eigenvalue weighted by atomic mass is 9.69. The molecule has 2 unspecified atom stereocenters. The van der Waals surface area contributed by atoms with E-state index in [0.717, 1.165) is 16.7 Å². The van der Waals surface area contributed by atoms with E-state index in [1.165, 1.54) is 7.11 Å². The zero-order valence-corrected chi connectivity index (χ0v) is 21.2. The summed E-state index contributed by atoms with van der Waals surface area (Å²) in [5.74, 6) is 0.455. The molecule has 5 nitrogen and oxygen atoms in total. The van der Waals surface area contributed by atoms with Gasteiger partial charge < -0.3 is 9.47 Å². The minimum atomic E-state index is -0.506. The number of methoxy groups -OCH3 is 1. The van der Waals surface area contributed by atoms with E-state index in [1.807, 2.05) is 48.5 Å². The molecule has 6 rings (SSSR count). The fourth-order valence-electron chi connectivity index (χ4n) is 6.11. The van der Waals surface area contributed by atoms with E-state index >= 15 is 0 Å². The van der Waals surface area contributed by atoms with Crippen molar-refractivity contribution in [3.63, 3.8) is 0 Å². The van der Waals surface area contributed by atoms with Crippen LogP contribution in [0.5, 0.6) is 0 Å². The van der Waals surface area contributed by atoms with E-state index < -0.39 is 11.9 Å². The summed E-state index contributed by atoms with van der Waals surface area (Å²) >= 11 is 0. The Morgan fingerprint density at radius 3 is 1.58 bits per heavy atom. The predicted octanol–water partition coefficient (Wildman–Crippen LogP) is 6.39. The van der Waals surface area contributed by atoms with E-state index in [9.17, 15) is 14.4 Å². The molecule has 0 saturated heterocycles. The number of ether oxygens (including phenoxy) is 2. The van der Waals surface area contributed by atoms with Crippen LogP contribution in [0.3, 0.4) is 0 Å². The monoisotopic (exact) mass is 504 g/mol. The van der Waals surface area contributed by atoms with Crippen molar-refractivity contribution >= 4 is 17.5 Å². The third-order valence-corrected chi connectivity index (χ3v) is 7.96. The second-order valence-electron chi connectivity index (χ2n) is 10.2. The Balaban J connectivity index is 1.43. The number of carbonyl (C=O) groups is 3. The summed E-state index contributed by atoms with van der Waals surface area (Å²) in [7, 11) is 1.34. The maximum Gasteiger partial charge on any atom is 0.337 e. The summed E-state index contributed by atoms with van der Waals surface area (Å²) in [6, 6.07) is 27.1. The molecule has 0 aromatic heterocycles.